The second kappa shape index (κ2) is 7.72. The fourth-order valence-corrected chi connectivity index (χ4v) is 3.41. The summed E-state index contributed by atoms with van der Waals surface area (Å²) < 4.78 is 46.3. The van der Waals surface area contributed by atoms with Gasteiger partial charge >= 0.3 is 6.09 Å². The summed E-state index contributed by atoms with van der Waals surface area (Å²) in [4.78, 5) is 14.1. The van der Waals surface area contributed by atoms with Gasteiger partial charge in [0, 0.05) is 29.0 Å². The van der Waals surface area contributed by atoms with Gasteiger partial charge in [-0.25, -0.2) is 18.0 Å². The molecule has 2 rings (SSSR count). The van der Waals surface area contributed by atoms with Crippen molar-refractivity contribution in [1.82, 2.24) is 4.90 Å². The molecule has 1 aliphatic carbocycles. The Bertz CT molecular complexity index is 621. The van der Waals surface area contributed by atoms with E-state index < -0.39 is 17.6 Å². The molecule has 0 spiro atoms. The number of nitrogens with zero attached hydrogens (tertiary/aromatic N) is 1. The van der Waals surface area contributed by atoms with Crippen molar-refractivity contribution in [1.29, 1.82) is 0 Å². The van der Waals surface area contributed by atoms with E-state index in [0.717, 1.165) is 5.56 Å². The van der Waals surface area contributed by atoms with E-state index in [4.69, 9.17) is 4.74 Å². The van der Waals surface area contributed by atoms with Gasteiger partial charge in [-0.15, -0.1) is 0 Å². The summed E-state index contributed by atoms with van der Waals surface area (Å²) in [7, 11) is 0. The Morgan fingerprint density at radius 2 is 1.92 bits per heavy atom. The van der Waals surface area contributed by atoms with Crippen LogP contribution in [0.2, 0.25) is 0 Å². The standard InChI is InChI=1S/C18H23F3INO2/c1-17(2,3)25-16(24)23(13-6-8-18(20,21)9-7-13)11-12-4-5-14(19)15(22)10-12/h4-5,10,13H,6-9,11H2,1-3H3. The molecule has 3 nitrogen and oxygen atoms in total. The van der Waals surface area contributed by atoms with E-state index >= 15 is 0 Å². The summed E-state index contributed by atoms with van der Waals surface area (Å²) in [5.41, 5.74) is 0.0690. The highest BCUT2D eigenvalue weighted by atomic mass is 127. The summed E-state index contributed by atoms with van der Waals surface area (Å²) in [5, 5.41) is 0. The Hall–Kier alpha value is -0.990. The first-order valence-corrected chi connectivity index (χ1v) is 9.36. The van der Waals surface area contributed by atoms with Crippen LogP contribution in [0.25, 0.3) is 0 Å². The first-order chi connectivity index (χ1) is 11.5. The summed E-state index contributed by atoms with van der Waals surface area (Å²) in [6, 6.07) is 4.30. The number of rotatable bonds is 3. The zero-order chi connectivity index (χ0) is 18.8. The number of benzene rings is 1. The van der Waals surface area contributed by atoms with Crippen molar-refractivity contribution in [3.63, 3.8) is 0 Å². The quantitative estimate of drug-likeness (QED) is 0.528. The number of ether oxygens (including phenoxy) is 1. The van der Waals surface area contributed by atoms with Gasteiger partial charge in [-0.1, -0.05) is 6.07 Å². The summed E-state index contributed by atoms with van der Waals surface area (Å²) in [5.74, 6) is -2.99. The number of carbonyl (C=O) groups is 1. The number of halogens is 4. The van der Waals surface area contributed by atoms with Crippen molar-refractivity contribution in [2.75, 3.05) is 0 Å². The molecule has 0 unspecified atom stereocenters. The molecule has 0 heterocycles. The molecule has 0 aliphatic heterocycles. The van der Waals surface area contributed by atoms with Gasteiger partial charge in [0.05, 0.1) is 0 Å². The Kier molecular flexibility index (Phi) is 6.27. The van der Waals surface area contributed by atoms with Crippen LogP contribution in [-0.2, 0) is 11.3 Å². The van der Waals surface area contributed by atoms with Crippen molar-refractivity contribution in [2.24, 2.45) is 0 Å². The van der Waals surface area contributed by atoms with E-state index in [9.17, 15) is 18.0 Å². The van der Waals surface area contributed by atoms with Crippen LogP contribution in [0.15, 0.2) is 18.2 Å². The van der Waals surface area contributed by atoms with Gasteiger partial charge in [0.1, 0.15) is 11.4 Å². The average Bonchev–Trinajstić information content (AvgIpc) is 2.47. The number of alkyl halides is 2. The SMILES string of the molecule is CC(C)(C)OC(=O)N(Cc1ccc(F)c(I)c1)C1CCC(F)(F)CC1. The van der Waals surface area contributed by atoms with Crippen molar-refractivity contribution in [3.05, 3.63) is 33.1 Å². The molecule has 1 fully saturated rings. The lowest BCUT2D eigenvalue weighted by atomic mass is 9.91. The lowest BCUT2D eigenvalue weighted by Crippen LogP contribution is -2.45. The molecule has 0 saturated heterocycles. The molecule has 1 aromatic carbocycles. The minimum atomic E-state index is -2.67. The fraction of sp³-hybridized carbons (Fsp3) is 0.611. The third-order valence-electron chi connectivity index (χ3n) is 4.09. The molecule has 25 heavy (non-hydrogen) atoms. The molecular formula is C18H23F3INO2. The third kappa shape index (κ3) is 6.04. The maximum absolute atomic E-state index is 13.5. The molecule has 0 radical (unpaired) electrons. The number of carbonyl (C=O) groups excluding carboxylic acids is 1. The first kappa shape index (κ1) is 20.3. The van der Waals surface area contributed by atoms with Crippen molar-refractivity contribution in [3.8, 4) is 0 Å². The van der Waals surface area contributed by atoms with E-state index in [1.807, 2.05) is 22.6 Å². The summed E-state index contributed by atoms with van der Waals surface area (Å²) >= 11 is 1.89. The number of hydrogen-bond donors (Lipinski definition) is 0. The molecule has 1 aliphatic rings. The molecule has 7 heteroatoms. The van der Waals surface area contributed by atoms with Crippen LogP contribution in [-0.4, -0.2) is 28.6 Å². The summed E-state index contributed by atoms with van der Waals surface area (Å²) in [6.45, 7) is 5.50. The normalized spacial score (nSPS) is 18.0. The van der Waals surface area contributed by atoms with E-state index in [2.05, 4.69) is 0 Å². The molecule has 0 N–H and O–H groups in total. The second-order valence-electron chi connectivity index (χ2n) is 7.44. The van der Waals surface area contributed by atoms with E-state index in [-0.39, 0.29) is 44.1 Å². The Labute approximate surface area is 160 Å². The lowest BCUT2D eigenvalue weighted by molar-refractivity contribution is -0.0580. The highest BCUT2D eigenvalue weighted by molar-refractivity contribution is 14.1. The smallest absolute Gasteiger partial charge is 0.410 e. The van der Waals surface area contributed by atoms with Gasteiger partial charge in [0.25, 0.3) is 0 Å². The van der Waals surface area contributed by atoms with Crippen LogP contribution >= 0.6 is 22.6 Å². The van der Waals surface area contributed by atoms with Crippen molar-refractivity contribution in [2.45, 2.75) is 70.6 Å². The molecule has 0 atom stereocenters. The number of hydrogen-bond acceptors (Lipinski definition) is 2. The number of amides is 1. The van der Waals surface area contributed by atoms with Crippen LogP contribution < -0.4 is 0 Å². The minimum Gasteiger partial charge on any atom is -0.444 e. The molecule has 140 valence electrons. The minimum absolute atomic E-state index is 0.210. The van der Waals surface area contributed by atoms with Crippen LogP contribution in [0.3, 0.4) is 0 Å². The van der Waals surface area contributed by atoms with Crippen LogP contribution in [0.1, 0.15) is 52.0 Å². The zero-order valence-electron chi connectivity index (χ0n) is 14.6. The maximum atomic E-state index is 13.5. The third-order valence-corrected chi connectivity index (χ3v) is 4.92. The van der Waals surface area contributed by atoms with Gasteiger partial charge in [0.15, 0.2) is 0 Å². The van der Waals surface area contributed by atoms with Crippen molar-refractivity contribution >= 4 is 28.7 Å². The van der Waals surface area contributed by atoms with Gasteiger partial charge in [-0.05, 0) is 73.9 Å². The van der Waals surface area contributed by atoms with Gasteiger partial charge in [-0.2, -0.15) is 0 Å². The van der Waals surface area contributed by atoms with E-state index in [1.165, 1.54) is 11.0 Å². The van der Waals surface area contributed by atoms with Crippen LogP contribution in [0.5, 0.6) is 0 Å². The topological polar surface area (TPSA) is 29.5 Å². The van der Waals surface area contributed by atoms with Gasteiger partial charge < -0.3 is 9.64 Å². The van der Waals surface area contributed by atoms with Crippen LogP contribution in [0, 0.1) is 9.39 Å². The average molecular weight is 469 g/mol. The Morgan fingerprint density at radius 3 is 2.44 bits per heavy atom. The highest BCUT2D eigenvalue weighted by Gasteiger charge is 2.39. The molecule has 1 amide bonds. The van der Waals surface area contributed by atoms with Crippen molar-refractivity contribution < 1.29 is 22.7 Å². The highest BCUT2D eigenvalue weighted by Crippen LogP contribution is 2.36. The van der Waals surface area contributed by atoms with Gasteiger partial charge in [0.2, 0.25) is 5.92 Å². The predicted molar refractivity (Wildman–Crippen MR) is 98.1 cm³/mol. The predicted octanol–water partition coefficient (Wildman–Crippen LogP) is 5.75. The Balaban J connectivity index is 2.19. The van der Waals surface area contributed by atoms with E-state index in [0.29, 0.717) is 3.57 Å². The molecule has 0 bridgehead atoms. The lowest BCUT2D eigenvalue weighted by Gasteiger charge is -2.37. The molecular weight excluding hydrogens is 446 g/mol. The largest absolute Gasteiger partial charge is 0.444 e. The summed E-state index contributed by atoms with van der Waals surface area (Å²) in [6.07, 6.45) is -0.549. The van der Waals surface area contributed by atoms with Gasteiger partial charge in [-0.3, -0.25) is 0 Å². The zero-order valence-corrected chi connectivity index (χ0v) is 16.8. The second-order valence-corrected chi connectivity index (χ2v) is 8.61. The van der Waals surface area contributed by atoms with E-state index in [1.54, 1.807) is 32.9 Å². The fourth-order valence-electron chi connectivity index (χ4n) is 2.83. The Morgan fingerprint density at radius 1 is 1.32 bits per heavy atom. The molecule has 0 aromatic heterocycles. The van der Waals surface area contributed by atoms with Crippen LogP contribution in [0.4, 0.5) is 18.0 Å². The maximum Gasteiger partial charge on any atom is 0.410 e. The monoisotopic (exact) mass is 469 g/mol. The molecule has 1 saturated carbocycles. The first-order valence-electron chi connectivity index (χ1n) is 8.28. The molecule has 1 aromatic rings.